The van der Waals surface area contributed by atoms with E-state index >= 15 is 0 Å². The maximum Gasteiger partial charge on any atom is 0.305 e. The number of hydrogen-bond donors (Lipinski definition) is 2. The van der Waals surface area contributed by atoms with Crippen molar-refractivity contribution in [2.45, 2.75) is 23.2 Å². The highest BCUT2D eigenvalue weighted by Gasteiger charge is 2.31. The minimum Gasteiger partial charge on any atom is -0.391 e. The summed E-state index contributed by atoms with van der Waals surface area (Å²) in [4.78, 5) is 12.4. The third-order valence-corrected chi connectivity index (χ3v) is 7.20. The minimum absolute atomic E-state index is 0.158. The Hall–Kier alpha value is -1.88. The number of halogens is 1. The number of nitrogens with one attached hydrogen (secondary N) is 1. The lowest BCUT2D eigenvalue weighted by atomic mass is 10.1. The topological polar surface area (TPSA) is 113 Å². The van der Waals surface area contributed by atoms with E-state index in [9.17, 15) is 23.6 Å². The van der Waals surface area contributed by atoms with Gasteiger partial charge in [0.1, 0.15) is 4.21 Å². The molecule has 0 saturated carbocycles. The van der Waals surface area contributed by atoms with Crippen LogP contribution in [0.15, 0.2) is 34.5 Å². The minimum atomic E-state index is -3.98. The molecule has 1 atom stereocenters. The van der Waals surface area contributed by atoms with Gasteiger partial charge in [0.25, 0.3) is 10.0 Å². The second-order valence-electron chi connectivity index (χ2n) is 5.87. The predicted molar refractivity (Wildman–Crippen MR) is 101 cm³/mol. The van der Waals surface area contributed by atoms with Gasteiger partial charge in [-0.3, -0.25) is 14.8 Å². The van der Waals surface area contributed by atoms with Crippen LogP contribution in [0.25, 0.3) is 0 Å². The summed E-state index contributed by atoms with van der Waals surface area (Å²) in [6, 6.07) is 7.14. The Morgan fingerprint density at radius 2 is 2.04 bits per heavy atom. The summed E-state index contributed by atoms with van der Waals surface area (Å²) >= 11 is 6.60. The number of hydrogen-bond acceptors (Lipinski definition) is 7. The average Bonchev–Trinajstić information content (AvgIpc) is 3.03. The van der Waals surface area contributed by atoms with E-state index in [2.05, 4.69) is 4.72 Å². The van der Waals surface area contributed by atoms with Crippen molar-refractivity contribution in [1.82, 2.24) is 0 Å². The summed E-state index contributed by atoms with van der Waals surface area (Å²) in [5, 5.41) is 21.9. The highest BCUT2D eigenvalue weighted by Crippen LogP contribution is 2.41. The number of aliphatic hydroxyl groups excluding tert-OH is 1. The first-order chi connectivity index (χ1) is 12.3. The third kappa shape index (κ3) is 4.09. The van der Waals surface area contributed by atoms with Crippen molar-refractivity contribution in [2.75, 3.05) is 22.7 Å². The summed E-state index contributed by atoms with van der Waals surface area (Å²) in [5.74, 6) is 0. The average molecular weight is 418 g/mol. The van der Waals surface area contributed by atoms with Gasteiger partial charge in [-0.15, -0.1) is 0 Å². The lowest BCUT2D eigenvalue weighted by Gasteiger charge is -2.30. The molecule has 11 heteroatoms. The molecule has 1 saturated heterocycles. The number of nitro groups is 1. The molecule has 3 rings (SSSR count). The third-order valence-electron chi connectivity index (χ3n) is 3.91. The molecular formula is C15H16ClN3O5S2. The highest BCUT2D eigenvalue weighted by molar-refractivity contribution is 7.94. The number of β-amino-alcohol motifs (C(OH)–C–C–N with tert-alkyl or cyclic N) is 1. The van der Waals surface area contributed by atoms with Crippen LogP contribution in [0.3, 0.4) is 0 Å². The molecule has 0 amide bonds. The number of aliphatic hydroxyl groups is 1. The zero-order chi connectivity index (χ0) is 18.9. The molecule has 26 heavy (non-hydrogen) atoms. The SMILES string of the molecule is O=[N+]([O-])c1cc(S(=O)(=O)Nc2ccc(Cl)cc2)sc1N1CCCC(O)C1. The lowest BCUT2D eigenvalue weighted by Crippen LogP contribution is -2.38. The monoisotopic (exact) mass is 417 g/mol. The fraction of sp³-hybridized carbons (Fsp3) is 0.333. The number of rotatable bonds is 5. The van der Waals surface area contributed by atoms with E-state index < -0.39 is 21.1 Å². The Bertz CT molecular complexity index is 914. The van der Waals surface area contributed by atoms with E-state index in [-0.39, 0.29) is 21.4 Å². The summed E-state index contributed by atoms with van der Waals surface area (Å²) in [6.45, 7) is 0.772. The van der Waals surface area contributed by atoms with Crippen molar-refractivity contribution in [1.29, 1.82) is 0 Å². The van der Waals surface area contributed by atoms with Crippen LogP contribution in [0.1, 0.15) is 12.8 Å². The molecule has 1 fully saturated rings. The van der Waals surface area contributed by atoms with Gasteiger partial charge in [0.2, 0.25) is 0 Å². The van der Waals surface area contributed by atoms with E-state index in [1.54, 1.807) is 4.90 Å². The molecule has 1 aromatic heterocycles. The van der Waals surface area contributed by atoms with Crippen LogP contribution in [-0.4, -0.2) is 37.6 Å². The van der Waals surface area contributed by atoms with Gasteiger partial charge in [0, 0.05) is 29.9 Å². The standard InChI is InChI=1S/C15H16ClN3O5S2/c16-10-3-5-11(6-4-10)17-26(23,24)14-8-13(19(21)22)15(25-14)18-7-1-2-12(20)9-18/h3-6,8,12,17,20H,1-2,7,9H2. The van der Waals surface area contributed by atoms with Crippen LogP contribution in [0.5, 0.6) is 0 Å². The molecule has 1 aromatic carbocycles. The largest absolute Gasteiger partial charge is 0.391 e. The molecule has 1 aliphatic heterocycles. The quantitative estimate of drug-likeness (QED) is 0.571. The molecule has 2 aromatic rings. The van der Waals surface area contributed by atoms with Gasteiger partial charge in [-0.05, 0) is 37.1 Å². The number of benzene rings is 1. The Kier molecular flexibility index (Phi) is 5.37. The summed E-state index contributed by atoms with van der Waals surface area (Å²) in [6.07, 6.45) is 0.720. The van der Waals surface area contributed by atoms with Crippen molar-refractivity contribution in [2.24, 2.45) is 0 Å². The molecule has 0 aliphatic carbocycles. The molecular weight excluding hydrogens is 402 g/mol. The predicted octanol–water partition coefficient (Wildman–Crippen LogP) is 3.07. The molecule has 1 aliphatic rings. The first-order valence-corrected chi connectivity index (χ1v) is 10.4. The summed E-state index contributed by atoms with van der Waals surface area (Å²) in [5.41, 5.74) is 0.0287. The van der Waals surface area contributed by atoms with E-state index in [4.69, 9.17) is 11.6 Å². The maximum absolute atomic E-state index is 12.6. The smallest absolute Gasteiger partial charge is 0.305 e. The van der Waals surface area contributed by atoms with Gasteiger partial charge in [-0.1, -0.05) is 22.9 Å². The zero-order valence-electron chi connectivity index (χ0n) is 13.5. The molecule has 0 bridgehead atoms. The molecule has 8 nitrogen and oxygen atoms in total. The molecule has 0 spiro atoms. The van der Waals surface area contributed by atoms with Gasteiger partial charge >= 0.3 is 5.69 Å². The lowest BCUT2D eigenvalue weighted by molar-refractivity contribution is -0.383. The van der Waals surface area contributed by atoms with E-state index in [1.807, 2.05) is 0 Å². The molecule has 2 N–H and O–H groups in total. The van der Waals surface area contributed by atoms with Crippen molar-refractivity contribution in [3.63, 3.8) is 0 Å². The van der Waals surface area contributed by atoms with Crippen molar-refractivity contribution < 1.29 is 18.4 Å². The fourth-order valence-corrected chi connectivity index (χ4v) is 5.34. The molecule has 2 heterocycles. The van der Waals surface area contributed by atoms with Crippen molar-refractivity contribution in [3.05, 3.63) is 45.5 Å². The van der Waals surface area contributed by atoms with Crippen molar-refractivity contribution in [3.8, 4) is 0 Å². The van der Waals surface area contributed by atoms with Crippen LogP contribution < -0.4 is 9.62 Å². The van der Waals surface area contributed by atoms with Gasteiger partial charge in [-0.25, -0.2) is 8.42 Å². The van der Waals surface area contributed by atoms with Gasteiger partial charge in [-0.2, -0.15) is 0 Å². The zero-order valence-corrected chi connectivity index (χ0v) is 15.9. The fourth-order valence-electron chi connectivity index (χ4n) is 2.70. The molecule has 140 valence electrons. The van der Waals surface area contributed by atoms with Crippen LogP contribution in [0.2, 0.25) is 5.02 Å². The Balaban J connectivity index is 1.93. The van der Waals surface area contributed by atoms with Gasteiger partial charge in [0.05, 0.1) is 11.0 Å². The van der Waals surface area contributed by atoms with Gasteiger partial charge in [0.15, 0.2) is 5.00 Å². The number of thiophene rings is 1. The van der Waals surface area contributed by atoms with Crippen LogP contribution in [0, 0.1) is 10.1 Å². The second-order valence-corrected chi connectivity index (χ2v) is 9.24. The Morgan fingerprint density at radius 3 is 2.65 bits per heavy atom. The second kappa shape index (κ2) is 7.39. The number of nitrogens with zero attached hydrogens (tertiary/aromatic N) is 2. The highest BCUT2D eigenvalue weighted by atomic mass is 35.5. The summed E-state index contributed by atoms with van der Waals surface area (Å²) < 4.78 is 27.4. The molecule has 1 unspecified atom stereocenters. The van der Waals surface area contributed by atoms with Crippen LogP contribution in [0.4, 0.5) is 16.4 Å². The first-order valence-electron chi connectivity index (χ1n) is 7.76. The maximum atomic E-state index is 12.6. The van der Waals surface area contributed by atoms with E-state index in [0.29, 0.717) is 30.1 Å². The Morgan fingerprint density at radius 1 is 1.35 bits per heavy atom. The van der Waals surface area contributed by atoms with E-state index in [0.717, 1.165) is 17.4 Å². The number of sulfonamides is 1. The van der Waals surface area contributed by atoms with Crippen LogP contribution in [-0.2, 0) is 10.0 Å². The normalized spacial score (nSPS) is 17.9. The number of piperidine rings is 1. The van der Waals surface area contributed by atoms with E-state index in [1.165, 1.54) is 24.3 Å². The van der Waals surface area contributed by atoms with Gasteiger partial charge < -0.3 is 10.0 Å². The molecule has 0 radical (unpaired) electrons. The number of anilines is 2. The van der Waals surface area contributed by atoms with Crippen LogP contribution >= 0.6 is 22.9 Å². The Labute approximate surface area is 159 Å². The first kappa shape index (κ1) is 18.9. The van der Waals surface area contributed by atoms with Crippen molar-refractivity contribution >= 4 is 49.3 Å². The summed E-state index contributed by atoms with van der Waals surface area (Å²) in [7, 11) is -3.98.